The molecule has 0 aliphatic heterocycles. The molecular formula is C19H18FN3O3. The smallest absolute Gasteiger partial charge is 0.247 e. The molecule has 0 saturated carbocycles. The second kappa shape index (κ2) is 8.24. The Hall–Kier alpha value is -3.22. The molecule has 3 rings (SSSR count). The number of methoxy groups -OCH3 is 1. The number of nitrogens with one attached hydrogen (secondary N) is 1. The number of halogens is 1. The number of aromatic nitrogens is 2. The van der Waals surface area contributed by atoms with E-state index < -0.39 is 0 Å². The van der Waals surface area contributed by atoms with Crippen LogP contribution in [0.25, 0.3) is 11.5 Å². The first-order chi connectivity index (χ1) is 12.7. The number of amides is 1. The standard InChI is InChI=1S/C19H18FN3O3/c1-25-15-7-4-6-13(11-15)19-23-22-18(26-19)10-9-17(24)21-12-14-5-2-3-8-16(14)20/h2-8,11H,9-10,12H2,1H3,(H,21,24). The first-order valence-corrected chi connectivity index (χ1v) is 8.12. The molecule has 0 unspecified atom stereocenters. The van der Waals surface area contributed by atoms with Crippen molar-refractivity contribution in [2.45, 2.75) is 19.4 Å². The second-order valence-corrected chi connectivity index (χ2v) is 5.60. The summed E-state index contributed by atoms with van der Waals surface area (Å²) in [4.78, 5) is 11.9. The van der Waals surface area contributed by atoms with Crippen molar-refractivity contribution in [3.05, 3.63) is 65.8 Å². The molecule has 0 atom stereocenters. The van der Waals surface area contributed by atoms with Gasteiger partial charge in [0.15, 0.2) is 0 Å². The van der Waals surface area contributed by atoms with Gasteiger partial charge in [-0.25, -0.2) is 4.39 Å². The van der Waals surface area contributed by atoms with Crippen LogP contribution < -0.4 is 10.1 Å². The maximum absolute atomic E-state index is 13.5. The number of carbonyl (C=O) groups is 1. The van der Waals surface area contributed by atoms with Gasteiger partial charge in [-0.2, -0.15) is 0 Å². The molecule has 1 N–H and O–H groups in total. The molecule has 0 spiro atoms. The summed E-state index contributed by atoms with van der Waals surface area (Å²) in [6.45, 7) is 0.143. The average molecular weight is 355 g/mol. The van der Waals surface area contributed by atoms with Crippen molar-refractivity contribution in [3.63, 3.8) is 0 Å². The number of nitrogens with zero attached hydrogens (tertiary/aromatic N) is 2. The van der Waals surface area contributed by atoms with Gasteiger partial charge >= 0.3 is 0 Å². The Labute approximate surface area is 150 Å². The fraction of sp³-hybridized carbons (Fsp3) is 0.211. The van der Waals surface area contributed by atoms with Gasteiger partial charge in [-0.15, -0.1) is 10.2 Å². The van der Waals surface area contributed by atoms with Crippen molar-refractivity contribution in [1.29, 1.82) is 0 Å². The molecule has 6 nitrogen and oxygen atoms in total. The van der Waals surface area contributed by atoms with Crippen molar-refractivity contribution in [2.75, 3.05) is 7.11 Å². The molecule has 1 heterocycles. The van der Waals surface area contributed by atoms with E-state index in [1.165, 1.54) is 6.07 Å². The Morgan fingerprint density at radius 1 is 1.19 bits per heavy atom. The highest BCUT2D eigenvalue weighted by Gasteiger charge is 2.11. The summed E-state index contributed by atoms with van der Waals surface area (Å²) >= 11 is 0. The number of hydrogen-bond donors (Lipinski definition) is 1. The van der Waals surface area contributed by atoms with Crippen LogP contribution in [0, 0.1) is 5.82 Å². The Morgan fingerprint density at radius 3 is 2.85 bits per heavy atom. The van der Waals surface area contributed by atoms with E-state index in [-0.39, 0.29) is 24.7 Å². The molecule has 134 valence electrons. The van der Waals surface area contributed by atoms with Crippen LogP contribution in [-0.4, -0.2) is 23.2 Å². The molecule has 0 saturated heterocycles. The highest BCUT2D eigenvalue weighted by molar-refractivity contribution is 5.76. The third kappa shape index (κ3) is 4.44. The van der Waals surface area contributed by atoms with Crippen LogP contribution >= 0.6 is 0 Å². The van der Waals surface area contributed by atoms with Crippen LogP contribution in [0.1, 0.15) is 17.9 Å². The van der Waals surface area contributed by atoms with Crippen LogP contribution in [-0.2, 0) is 17.8 Å². The van der Waals surface area contributed by atoms with E-state index in [9.17, 15) is 9.18 Å². The van der Waals surface area contributed by atoms with Gasteiger partial charge in [-0.1, -0.05) is 24.3 Å². The number of ether oxygens (including phenoxy) is 1. The molecular weight excluding hydrogens is 337 g/mol. The van der Waals surface area contributed by atoms with Gasteiger partial charge in [0.05, 0.1) is 7.11 Å². The molecule has 1 aromatic heterocycles. The quantitative estimate of drug-likeness (QED) is 0.704. The minimum Gasteiger partial charge on any atom is -0.497 e. The fourth-order valence-corrected chi connectivity index (χ4v) is 2.37. The maximum atomic E-state index is 13.5. The minimum atomic E-state index is -0.340. The molecule has 0 aliphatic carbocycles. The predicted molar refractivity (Wildman–Crippen MR) is 92.9 cm³/mol. The fourth-order valence-electron chi connectivity index (χ4n) is 2.37. The SMILES string of the molecule is COc1cccc(-c2nnc(CCC(=O)NCc3ccccc3F)o2)c1. The summed E-state index contributed by atoms with van der Waals surface area (Å²) in [5.41, 5.74) is 1.19. The molecule has 3 aromatic rings. The molecule has 0 aliphatic rings. The normalized spacial score (nSPS) is 10.5. The topological polar surface area (TPSA) is 77.2 Å². The molecule has 26 heavy (non-hydrogen) atoms. The molecule has 7 heteroatoms. The molecule has 0 radical (unpaired) electrons. The van der Waals surface area contributed by atoms with E-state index in [1.807, 2.05) is 18.2 Å². The lowest BCUT2D eigenvalue weighted by Gasteiger charge is -2.05. The highest BCUT2D eigenvalue weighted by atomic mass is 19.1. The monoisotopic (exact) mass is 355 g/mol. The van der Waals surface area contributed by atoms with E-state index in [4.69, 9.17) is 9.15 Å². The maximum Gasteiger partial charge on any atom is 0.247 e. The highest BCUT2D eigenvalue weighted by Crippen LogP contribution is 2.22. The Morgan fingerprint density at radius 2 is 2.04 bits per heavy atom. The van der Waals surface area contributed by atoms with Crippen LogP contribution in [0.4, 0.5) is 4.39 Å². The predicted octanol–water partition coefficient (Wildman–Crippen LogP) is 3.13. The second-order valence-electron chi connectivity index (χ2n) is 5.60. The average Bonchev–Trinajstić information content (AvgIpc) is 3.15. The van der Waals surface area contributed by atoms with E-state index in [2.05, 4.69) is 15.5 Å². The largest absolute Gasteiger partial charge is 0.497 e. The van der Waals surface area contributed by atoms with Gasteiger partial charge in [-0.05, 0) is 24.3 Å². The zero-order valence-corrected chi connectivity index (χ0v) is 14.2. The summed E-state index contributed by atoms with van der Waals surface area (Å²) in [6, 6.07) is 13.6. The van der Waals surface area contributed by atoms with Crippen molar-refractivity contribution in [2.24, 2.45) is 0 Å². The van der Waals surface area contributed by atoms with Crippen molar-refractivity contribution in [1.82, 2.24) is 15.5 Å². The number of aryl methyl sites for hydroxylation is 1. The van der Waals surface area contributed by atoms with Crippen LogP contribution in [0.15, 0.2) is 52.9 Å². The van der Waals surface area contributed by atoms with Gasteiger partial charge in [0.25, 0.3) is 0 Å². The summed E-state index contributed by atoms with van der Waals surface area (Å²) in [6.07, 6.45) is 0.480. The van der Waals surface area contributed by atoms with Gasteiger partial charge in [0.2, 0.25) is 17.7 Å². The third-order valence-corrected chi connectivity index (χ3v) is 3.78. The summed E-state index contributed by atoms with van der Waals surface area (Å²) in [5, 5.41) is 10.6. The first-order valence-electron chi connectivity index (χ1n) is 8.12. The number of hydrogen-bond acceptors (Lipinski definition) is 5. The van der Waals surface area contributed by atoms with Gasteiger partial charge in [-0.3, -0.25) is 4.79 Å². The zero-order chi connectivity index (χ0) is 18.4. The van der Waals surface area contributed by atoms with E-state index in [1.54, 1.807) is 31.4 Å². The van der Waals surface area contributed by atoms with Crippen molar-refractivity contribution >= 4 is 5.91 Å². The molecule has 0 fully saturated rings. The van der Waals surface area contributed by atoms with Crippen LogP contribution in [0.2, 0.25) is 0 Å². The van der Waals surface area contributed by atoms with Crippen LogP contribution in [0.5, 0.6) is 5.75 Å². The number of benzene rings is 2. The van der Waals surface area contributed by atoms with Crippen LogP contribution in [0.3, 0.4) is 0 Å². The molecule has 2 aromatic carbocycles. The van der Waals surface area contributed by atoms with Gasteiger partial charge < -0.3 is 14.5 Å². The van der Waals surface area contributed by atoms with Gasteiger partial charge in [0, 0.05) is 30.5 Å². The summed E-state index contributed by atoms with van der Waals surface area (Å²) < 4.78 is 24.3. The zero-order valence-electron chi connectivity index (χ0n) is 14.2. The molecule has 0 bridgehead atoms. The summed E-state index contributed by atoms with van der Waals surface area (Å²) in [5.74, 6) is 0.867. The van der Waals surface area contributed by atoms with Crippen molar-refractivity contribution in [3.8, 4) is 17.2 Å². The number of carbonyl (C=O) groups excluding carboxylic acids is 1. The van der Waals surface area contributed by atoms with E-state index in [0.29, 0.717) is 29.5 Å². The summed E-state index contributed by atoms with van der Waals surface area (Å²) in [7, 11) is 1.58. The van der Waals surface area contributed by atoms with Gasteiger partial charge in [0.1, 0.15) is 11.6 Å². The number of rotatable bonds is 7. The lowest BCUT2D eigenvalue weighted by molar-refractivity contribution is -0.121. The molecule has 1 amide bonds. The Balaban J connectivity index is 1.53. The Bertz CT molecular complexity index is 895. The third-order valence-electron chi connectivity index (χ3n) is 3.78. The van der Waals surface area contributed by atoms with E-state index in [0.717, 1.165) is 5.56 Å². The lowest BCUT2D eigenvalue weighted by Crippen LogP contribution is -2.23. The Kier molecular flexibility index (Phi) is 5.58. The van der Waals surface area contributed by atoms with E-state index >= 15 is 0 Å². The van der Waals surface area contributed by atoms with Crippen molar-refractivity contribution < 1.29 is 18.3 Å². The first kappa shape index (κ1) is 17.6. The minimum absolute atomic E-state index is 0.143. The lowest BCUT2D eigenvalue weighted by atomic mass is 10.2.